The van der Waals surface area contributed by atoms with Gasteiger partial charge in [-0.05, 0) is 53.3 Å². The number of aryl methyl sites for hydroxylation is 1. The molecule has 0 radical (unpaired) electrons. The zero-order valence-corrected chi connectivity index (χ0v) is 20.7. The summed E-state index contributed by atoms with van der Waals surface area (Å²) in [6.07, 6.45) is -0.245. The van der Waals surface area contributed by atoms with Crippen molar-refractivity contribution in [1.29, 1.82) is 0 Å². The highest BCUT2D eigenvalue weighted by Gasteiger charge is 2.38. The van der Waals surface area contributed by atoms with Crippen molar-refractivity contribution < 1.29 is 17.9 Å². The minimum Gasteiger partial charge on any atom is -0.476 e. The zero-order chi connectivity index (χ0) is 24.5. The van der Waals surface area contributed by atoms with Gasteiger partial charge in [-0.1, -0.05) is 70.2 Å². The molecule has 0 saturated heterocycles. The summed E-state index contributed by atoms with van der Waals surface area (Å²) >= 11 is 0. The van der Waals surface area contributed by atoms with Crippen LogP contribution < -0.4 is 14.4 Å². The number of benzene rings is 3. The summed E-state index contributed by atoms with van der Waals surface area (Å²) in [5, 5.41) is 2.92. The van der Waals surface area contributed by atoms with Crippen LogP contribution in [-0.2, 0) is 26.7 Å². The number of hydrogen-bond donors (Lipinski definition) is 1. The number of rotatable bonds is 5. The maximum atomic E-state index is 13.7. The Morgan fingerprint density at radius 1 is 1.03 bits per heavy atom. The van der Waals surface area contributed by atoms with Crippen LogP contribution in [-0.4, -0.2) is 27.0 Å². The molecule has 1 amide bonds. The van der Waals surface area contributed by atoms with E-state index >= 15 is 0 Å². The lowest BCUT2D eigenvalue weighted by Gasteiger charge is -2.36. The van der Waals surface area contributed by atoms with Gasteiger partial charge in [-0.25, -0.2) is 8.42 Å². The molecule has 7 heteroatoms. The average Bonchev–Trinajstić information content (AvgIpc) is 2.83. The molecule has 0 aromatic heterocycles. The van der Waals surface area contributed by atoms with Crippen LogP contribution in [0.2, 0.25) is 0 Å². The molecule has 1 aliphatic heterocycles. The third-order valence-electron chi connectivity index (χ3n) is 5.97. The summed E-state index contributed by atoms with van der Waals surface area (Å²) < 4.78 is 34.7. The number of hydrogen-bond acceptors (Lipinski definition) is 4. The molecule has 4 rings (SSSR count). The van der Waals surface area contributed by atoms with E-state index < -0.39 is 16.1 Å². The second-order valence-electron chi connectivity index (χ2n) is 9.39. The Bertz CT molecular complexity index is 1300. The number of sulfonamides is 1. The highest BCUT2D eigenvalue weighted by Crippen LogP contribution is 2.40. The summed E-state index contributed by atoms with van der Waals surface area (Å²) in [6.45, 7) is 8.08. The predicted molar refractivity (Wildman–Crippen MR) is 135 cm³/mol. The van der Waals surface area contributed by atoms with Crippen LogP contribution in [0, 0.1) is 0 Å². The molecule has 3 aromatic carbocycles. The van der Waals surface area contributed by atoms with Crippen molar-refractivity contribution in [1.82, 2.24) is 0 Å². The van der Waals surface area contributed by atoms with Gasteiger partial charge in [-0.2, -0.15) is 0 Å². The van der Waals surface area contributed by atoms with Gasteiger partial charge in [0.1, 0.15) is 5.75 Å². The smallest absolute Gasteiger partial charge is 0.267 e. The van der Waals surface area contributed by atoms with E-state index in [1.165, 1.54) is 4.31 Å². The van der Waals surface area contributed by atoms with Crippen molar-refractivity contribution in [2.45, 2.75) is 50.5 Å². The van der Waals surface area contributed by atoms with Crippen LogP contribution in [0.4, 0.5) is 11.4 Å². The molecule has 1 unspecified atom stereocenters. The first-order chi connectivity index (χ1) is 16.1. The number of para-hydroxylation sites is 1. The van der Waals surface area contributed by atoms with Crippen LogP contribution in [0.25, 0.3) is 0 Å². The molecular formula is C27H30N2O4S. The minimum absolute atomic E-state index is 0.127. The van der Waals surface area contributed by atoms with Crippen molar-refractivity contribution in [3.05, 3.63) is 83.9 Å². The lowest BCUT2D eigenvalue weighted by molar-refractivity contribution is -0.122. The summed E-state index contributed by atoms with van der Waals surface area (Å²) in [5.41, 5.74) is 2.92. The van der Waals surface area contributed by atoms with Gasteiger partial charge in [-0.3, -0.25) is 9.10 Å². The van der Waals surface area contributed by atoms with E-state index in [4.69, 9.17) is 4.74 Å². The SMILES string of the molecule is CCc1ccccc1NC(=O)C1CN(S(=O)(=O)c2ccccc2)c2cc(C(C)(C)C)ccc2O1. The second-order valence-corrected chi connectivity index (χ2v) is 11.3. The number of nitrogens with one attached hydrogen (secondary N) is 1. The molecule has 0 saturated carbocycles. The van der Waals surface area contributed by atoms with Gasteiger partial charge in [0.05, 0.1) is 17.1 Å². The highest BCUT2D eigenvalue weighted by atomic mass is 32.2. The van der Waals surface area contributed by atoms with Crippen LogP contribution in [0.3, 0.4) is 0 Å². The summed E-state index contributed by atoms with van der Waals surface area (Å²) in [5.74, 6) is -0.0256. The van der Waals surface area contributed by atoms with Gasteiger partial charge in [0.25, 0.3) is 15.9 Å². The standard InChI is InChI=1S/C27H30N2O4S/c1-5-19-11-9-10-14-22(19)28-26(30)25-18-29(34(31,32)21-12-7-6-8-13-21)23-17-20(27(2,3)4)15-16-24(23)33-25/h6-17,25H,5,18H2,1-4H3,(H,28,30). The number of nitrogens with zero attached hydrogens (tertiary/aromatic N) is 1. The molecular weight excluding hydrogens is 448 g/mol. The Balaban J connectivity index is 1.74. The average molecular weight is 479 g/mol. The molecule has 1 N–H and O–H groups in total. The van der Waals surface area contributed by atoms with E-state index in [0.29, 0.717) is 17.1 Å². The number of carbonyl (C=O) groups is 1. The minimum atomic E-state index is -3.92. The van der Waals surface area contributed by atoms with Gasteiger partial charge in [-0.15, -0.1) is 0 Å². The third kappa shape index (κ3) is 4.66. The van der Waals surface area contributed by atoms with E-state index in [0.717, 1.165) is 17.5 Å². The van der Waals surface area contributed by atoms with Gasteiger partial charge in [0.15, 0.2) is 6.10 Å². The molecule has 3 aromatic rings. The molecule has 0 bridgehead atoms. The summed E-state index contributed by atoms with van der Waals surface area (Å²) in [4.78, 5) is 13.4. The Kier molecular flexibility index (Phi) is 6.41. The van der Waals surface area contributed by atoms with Crippen LogP contribution in [0.5, 0.6) is 5.75 Å². The van der Waals surface area contributed by atoms with Crippen molar-refractivity contribution in [3.8, 4) is 5.75 Å². The van der Waals surface area contributed by atoms with E-state index in [2.05, 4.69) is 26.1 Å². The fourth-order valence-corrected chi connectivity index (χ4v) is 5.45. The van der Waals surface area contributed by atoms with Crippen molar-refractivity contribution >= 4 is 27.3 Å². The largest absolute Gasteiger partial charge is 0.476 e. The number of amides is 1. The Morgan fingerprint density at radius 3 is 2.38 bits per heavy atom. The Morgan fingerprint density at radius 2 is 1.71 bits per heavy atom. The number of fused-ring (bicyclic) bond motifs is 1. The maximum absolute atomic E-state index is 13.7. The fourth-order valence-electron chi connectivity index (χ4n) is 3.97. The van der Waals surface area contributed by atoms with E-state index in [1.54, 1.807) is 36.4 Å². The number of carbonyl (C=O) groups excluding carboxylic acids is 1. The lowest BCUT2D eigenvalue weighted by atomic mass is 9.86. The Hall–Kier alpha value is -3.32. The Labute approximate surface area is 201 Å². The first-order valence-electron chi connectivity index (χ1n) is 11.4. The summed E-state index contributed by atoms with van der Waals surface area (Å²) in [6, 6.07) is 21.3. The molecule has 6 nitrogen and oxygen atoms in total. The predicted octanol–water partition coefficient (Wildman–Crippen LogP) is 5.14. The molecule has 34 heavy (non-hydrogen) atoms. The monoisotopic (exact) mass is 478 g/mol. The van der Waals surface area contributed by atoms with Crippen LogP contribution in [0.15, 0.2) is 77.7 Å². The molecule has 1 atom stereocenters. The van der Waals surface area contributed by atoms with Crippen molar-refractivity contribution in [2.24, 2.45) is 0 Å². The molecule has 1 aliphatic rings. The van der Waals surface area contributed by atoms with Gasteiger partial charge < -0.3 is 10.1 Å². The molecule has 0 spiro atoms. The highest BCUT2D eigenvalue weighted by molar-refractivity contribution is 7.92. The number of anilines is 2. The van der Waals surface area contributed by atoms with Crippen LogP contribution in [0.1, 0.15) is 38.8 Å². The second kappa shape index (κ2) is 9.14. The molecule has 0 fully saturated rings. The third-order valence-corrected chi connectivity index (χ3v) is 7.77. The van der Waals surface area contributed by atoms with Crippen molar-refractivity contribution in [3.63, 3.8) is 0 Å². The first-order valence-corrected chi connectivity index (χ1v) is 12.8. The maximum Gasteiger partial charge on any atom is 0.267 e. The quantitative estimate of drug-likeness (QED) is 0.551. The fraction of sp³-hybridized carbons (Fsp3) is 0.296. The summed E-state index contributed by atoms with van der Waals surface area (Å²) in [7, 11) is -3.92. The van der Waals surface area contributed by atoms with Crippen molar-refractivity contribution in [2.75, 3.05) is 16.2 Å². The first kappa shape index (κ1) is 23.8. The topological polar surface area (TPSA) is 75.7 Å². The normalized spacial score (nSPS) is 15.9. The molecule has 0 aliphatic carbocycles. The molecule has 178 valence electrons. The zero-order valence-electron chi connectivity index (χ0n) is 19.9. The van der Waals surface area contributed by atoms with Gasteiger partial charge in [0, 0.05) is 5.69 Å². The van der Waals surface area contributed by atoms with Gasteiger partial charge >= 0.3 is 0 Å². The number of ether oxygens (including phenoxy) is 1. The molecule has 1 heterocycles. The van der Waals surface area contributed by atoms with E-state index in [9.17, 15) is 13.2 Å². The van der Waals surface area contributed by atoms with Gasteiger partial charge in [0.2, 0.25) is 0 Å². The lowest BCUT2D eigenvalue weighted by Crippen LogP contribution is -2.49. The van der Waals surface area contributed by atoms with E-state index in [-0.39, 0.29) is 22.8 Å². The van der Waals surface area contributed by atoms with Crippen LogP contribution >= 0.6 is 0 Å². The van der Waals surface area contributed by atoms with E-state index in [1.807, 2.05) is 43.3 Å².